The standard InChI is InChI=1S/C15H17N3O/c1-12-3-5-13(6-4-12)15(19)7-10-18(11-15)14-16-8-2-9-17-14/h2-6,8-9,19H,7,10-11H2,1H3/t15-/m0/s1. The number of rotatable bonds is 2. The quantitative estimate of drug-likeness (QED) is 0.890. The lowest BCUT2D eigenvalue weighted by Gasteiger charge is -2.24. The first-order valence-corrected chi connectivity index (χ1v) is 6.49. The first-order chi connectivity index (χ1) is 9.17. The maximum absolute atomic E-state index is 10.8. The summed E-state index contributed by atoms with van der Waals surface area (Å²) in [4.78, 5) is 10.5. The third kappa shape index (κ3) is 2.31. The van der Waals surface area contributed by atoms with E-state index in [9.17, 15) is 5.11 Å². The highest BCUT2D eigenvalue weighted by Gasteiger charge is 2.38. The van der Waals surface area contributed by atoms with Crippen molar-refractivity contribution in [2.45, 2.75) is 18.9 Å². The van der Waals surface area contributed by atoms with E-state index < -0.39 is 5.60 Å². The normalized spacial score (nSPS) is 22.7. The number of aliphatic hydroxyl groups is 1. The van der Waals surface area contributed by atoms with Gasteiger partial charge >= 0.3 is 0 Å². The van der Waals surface area contributed by atoms with Crippen LogP contribution in [0.1, 0.15) is 17.5 Å². The summed E-state index contributed by atoms with van der Waals surface area (Å²) in [5, 5.41) is 10.8. The minimum absolute atomic E-state index is 0.542. The lowest BCUT2D eigenvalue weighted by atomic mass is 9.92. The van der Waals surface area contributed by atoms with Gasteiger partial charge in [0.1, 0.15) is 5.60 Å². The maximum atomic E-state index is 10.8. The molecular weight excluding hydrogens is 238 g/mol. The van der Waals surface area contributed by atoms with E-state index >= 15 is 0 Å². The molecule has 0 amide bonds. The highest BCUT2D eigenvalue weighted by molar-refractivity contribution is 5.37. The SMILES string of the molecule is Cc1ccc([C@]2(O)CCN(c3ncccn3)C2)cc1. The minimum atomic E-state index is -0.799. The van der Waals surface area contributed by atoms with Crippen molar-refractivity contribution in [3.05, 3.63) is 53.9 Å². The zero-order valence-corrected chi connectivity index (χ0v) is 11.0. The molecule has 2 heterocycles. The van der Waals surface area contributed by atoms with Crippen LogP contribution >= 0.6 is 0 Å². The molecule has 1 aliphatic heterocycles. The van der Waals surface area contributed by atoms with Gasteiger partial charge in [0.25, 0.3) is 0 Å². The van der Waals surface area contributed by atoms with Crippen molar-refractivity contribution in [2.24, 2.45) is 0 Å². The fraction of sp³-hybridized carbons (Fsp3) is 0.333. The van der Waals surface area contributed by atoms with E-state index in [1.165, 1.54) is 5.56 Å². The lowest BCUT2D eigenvalue weighted by molar-refractivity contribution is 0.0606. The molecule has 0 unspecified atom stereocenters. The van der Waals surface area contributed by atoms with E-state index in [-0.39, 0.29) is 0 Å². The molecule has 0 radical (unpaired) electrons. The number of aromatic nitrogens is 2. The van der Waals surface area contributed by atoms with E-state index in [1.807, 2.05) is 36.1 Å². The Morgan fingerprint density at radius 1 is 1.16 bits per heavy atom. The second kappa shape index (κ2) is 4.63. The van der Waals surface area contributed by atoms with Crippen molar-refractivity contribution < 1.29 is 5.11 Å². The van der Waals surface area contributed by atoms with Gasteiger partial charge in [-0.15, -0.1) is 0 Å². The van der Waals surface area contributed by atoms with Gasteiger partial charge in [0.2, 0.25) is 5.95 Å². The summed E-state index contributed by atoms with van der Waals surface area (Å²) < 4.78 is 0. The van der Waals surface area contributed by atoms with E-state index in [0.29, 0.717) is 18.9 Å². The van der Waals surface area contributed by atoms with Crippen molar-refractivity contribution in [1.29, 1.82) is 0 Å². The molecule has 98 valence electrons. The van der Waals surface area contributed by atoms with E-state index in [2.05, 4.69) is 9.97 Å². The Labute approximate surface area is 112 Å². The van der Waals surface area contributed by atoms with Crippen LogP contribution in [0, 0.1) is 6.92 Å². The molecule has 1 fully saturated rings. The predicted octanol–water partition coefficient (Wildman–Crippen LogP) is 1.88. The fourth-order valence-electron chi connectivity index (χ4n) is 2.52. The average molecular weight is 255 g/mol. The summed E-state index contributed by atoms with van der Waals surface area (Å²) >= 11 is 0. The van der Waals surface area contributed by atoms with Crippen molar-refractivity contribution in [1.82, 2.24) is 9.97 Å². The molecule has 1 N–H and O–H groups in total. The van der Waals surface area contributed by atoms with Gasteiger partial charge in [-0.25, -0.2) is 9.97 Å². The third-order valence-electron chi connectivity index (χ3n) is 3.67. The van der Waals surface area contributed by atoms with Gasteiger partial charge in [-0.05, 0) is 25.0 Å². The summed E-state index contributed by atoms with van der Waals surface area (Å²) in [5.41, 5.74) is 1.37. The Kier molecular flexibility index (Phi) is 2.95. The topological polar surface area (TPSA) is 49.2 Å². The van der Waals surface area contributed by atoms with Gasteiger partial charge in [0.05, 0.1) is 6.54 Å². The molecular formula is C15H17N3O. The number of nitrogens with zero attached hydrogens (tertiary/aromatic N) is 3. The van der Waals surface area contributed by atoms with Gasteiger partial charge in [-0.2, -0.15) is 0 Å². The molecule has 0 spiro atoms. The van der Waals surface area contributed by atoms with Crippen LogP contribution in [0.15, 0.2) is 42.7 Å². The van der Waals surface area contributed by atoms with Crippen LogP contribution in [-0.2, 0) is 5.60 Å². The monoisotopic (exact) mass is 255 g/mol. The number of anilines is 1. The number of aryl methyl sites for hydroxylation is 1. The maximum Gasteiger partial charge on any atom is 0.225 e. The molecule has 1 aromatic heterocycles. The Balaban J connectivity index is 1.83. The Bertz CT molecular complexity index is 555. The van der Waals surface area contributed by atoms with Crippen LogP contribution in [0.3, 0.4) is 0 Å². The molecule has 1 saturated heterocycles. The lowest BCUT2D eigenvalue weighted by Crippen LogP contribution is -2.31. The van der Waals surface area contributed by atoms with Gasteiger partial charge < -0.3 is 10.0 Å². The number of benzene rings is 1. The Hall–Kier alpha value is -1.94. The van der Waals surface area contributed by atoms with E-state index in [1.54, 1.807) is 18.5 Å². The Morgan fingerprint density at radius 2 is 1.84 bits per heavy atom. The second-order valence-electron chi connectivity index (χ2n) is 5.12. The first kappa shape index (κ1) is 12.1. The summed E-state index contributed by atoms with van der Waals surface area (Å²) in [7, 11) is 0. The average Bonchev–Trinajstić information content (AvgIpc) is 2.84. The summed E-state index contributed by atoms with van der Waals surface area (Å²) in [6, 6.07) is 9.88. The van der Waals surface area contributed by atoms with Gasteiger partial charge in [-0.3, -0.25) is 0 Å². The van der Waals surface area contributed by atoms with Crippen molar-refractivity contribution in [2.75, 3.05) is 18.0 Å². The zero-order chi connectivity index (χ0) is 13.3. The third-order valence-corrected chi connectivity index (χ3v) is 3.67. The van der Waals surface area contributed by atoms with E-state index in [0.717, 1.165) is 12.1 Å². The van der Waals surface area contributed by atoms with Gasteiger partial charge in [-0.1, -0.05) is 29.8 Å². The molecule has 1 aromatic carbocycles. The second-order valence-corrected chi connectivity index (χ2v) is 5.12. The summed E-state index contributed by atoms with van der Waals surface area (Å²) in [6.07, 6.45) is 4.16. The molecule has 0 aliphatic carbocycles. The highest BCUT2D eigenvalue weighted by Crippen LogP contribution is 2.33. The molecule has 4 nitrogen and oxygen atoms in total. The molecule has 1 atom stereocenters. The number of hydrogen-bond donors (Lipinski definition) is 1. The van der Waals surface area contributed by atoms with Crippen LogP contribution in [0.5, 0.6) is 0 Å². The van der Waals surface area contributed by atoms with Crippen molar-refractivity contribution >= 4 is 5.95 Å². The zero-order valence-electron chi connectivity index (χ0n) is 11.0. The predicted molar refractivity (Wildman–Crippen MR) is 73.9 cm³/mol. The molecule has 19 heavy (non-hydrogen) atoms. The molecule has 3 rings (SSSR count). The number of hydrogen-bond acceptors (Lipinski definition) is 4. The molecule has 1 aliphatic rings. The van der Waals surface area contributed by atoms with Crippen LogP contribution in [0.2, 0.25) is 0 Å². The molecule has 2 aromatic rings. The van der Waals surface area contributed by atoms with Crippen LogP contribution in [-0.4, -0.2) is 28.2 Å². The minimum Gasteiger partial charge on any atom is -0.383 e. The Morgan fingerprint density at radius 3 is 2.53 bits per heavy atom. The van der Waals surface area contributed by atoms with E-state index in [4.69, 9.17) is 0 Å². The number of β-amino-alcohol motifs (C(OH)–C–C–N with tert-alkyl or cyclic N) is 1. The molecule has 0 saturated carbocycles. The summed E-state index contributed by atoms with van der Waals surface area (Å²) in [6.45, 7) is 3.36. The highest BCUT2D eigenvalue weighted by atomic mass is 16.3. The van der Waals surface area contributed by atoms with Crippen molar-refractivity contribution in [3.63, 3.8) is 0 Å². The molecule has 4 heteroatoms. The van der Waals surface area contributed by atoms with Crippen LogP contribution in [0.4, 0.5) is 5.95 Å². The molecule has 0 bridgehead atoms. The smallest absolute Gasteiger partial charge is 0.225 e. The van der Waals surface area contributed by atoms with Gasteiger partial charge in [0, 0.05) is 18.9 Å². The van der Waals surface area contributed by atoms with Crippen molar-refractivity contribution in [3.8, 4) is 0 Å². The first-order valence-electron chi connectivity index (χ1n) is 6.49. The fourth-order valence-corrected chi connectivity index (χ4v) is 2.52. The largest absolute Gasteiger partial charge is 0.383 e. The summed E-state index contributed by atoms with van der Waals surface area (Å²) in [5.74, 6) is 0.686. The van der Waals surface area contributed by atoms with Crippen LogP contribution < -0.4 is 4.90 Å². The van der Waals surface area contributed by atoms with Gasteiger partial charge in [0.15, 0.2) is 0 Å². The van der Waals surface area contributed by atoms with Crippen LogP contribution in [0.25, 0.3) is 0 Å².